The third kappa shape index (κ3) is 4.85. The van der Waals surface area contributed by atoms with E-state index in [1.807, 2.05) is 0 Å². The standard InChI is InChI=1S/C20H16ClF3N4O3/c1-2-25-17(29)16-18(30)27(11-12-3-5-13(6-4-12)20(22,23)24)19(31)28(26-16)15-9-7-14(21)8-10-15/h3-10H,2,11H2,1H3,(H,25,29). The Morgan fingerprint density at radius 2 is 1.68 bits per heavy atom. The highest BCUT2D eigenvalue weighted by Crippen LogP contribution is 2.29. The summed E-state index contributed by atoms with van der Waals surface area (Å²) in [6.07, 6.45) is -4.52. The molecule has 0 saturated carbocycles. The van der Waals surface area contributed by atoms with Crippen molar-refractivity contribution in [2.45, 2.75) is 19.6 Å². The molecule has 3 rings (SSSR count). The molecule has 11 heteroatoms. The SMILES string of the molecule is CCNC(=O)c1nn(-c2ccc(Cl)cc2)c(=O)n(Cc2ccc(C(F)(F)F)cc2)c1=O. The number of amides is 1. The van der Waals surface area contributed by atoms with Gasteiger partial charge in [0.2, 0.25) is 5.69 Å². The molecule has 0 saturated heterocycles. The Balaban J connectivity index is 2.14. The number of hydrogen-bond donors (Lipinski definition) is 1. The second-order valence-corrected chi connectivity index (χ2v) is 6.90. The van der Waals surface area contributed by atoms with Gasteiger partial charge in [0, 0.05) is 11.6 Å². The molecule has 0 radical (unpaired) electrons. The van der Waals surface area contributed by atoms with Gasteiger partial charge in [0.1, 0.15) is 0 Å². The van der Waals surface area contributed by atoms with Crippen molar-refractivity contribution in [3.8, 4) is 5.69 Å². The highest BCUT2D eigenvalue weighted by Gasteiger charge is 2.30. The summed E-state index contributed by atoms with van der Waals surface area (Å²) < 4.78 is 40.0. The van der Waals surface area contributed by atoms with Crippen LogP contribution >= 0.6 is 11.6 Å². The van der Waals surface area contributed by atoms with Crippen molar-refractivity contribution >= 4 is 17.5 Å². The van der Waals surface area contributed by atoms with Crippen LogP contribution in [-0.4, -0.2) is 26.8 Å². The van der Waals surface area contributed by atoms with Gasteiger partial charge in [-0.05, 0) is 48.9 Å². The second-order valence-electron chi connectivity index (χ2n) is 6.46. The zero-order valence-corrected chi connectivity index (χ0v) is 16.9. The fourth-order valence-electron chi connectivity index (χ4n) is 2.77. The fraction of sp³-hybridized carbons (Fsp3) is 0.200. The van der Waals surface area contributed by atoms with Gasteiger partial charge in [-0.25, -0.2) is 4.79 Å². The number of aromatic nitrogens is 3. The molecular weight excluding hydrogens is 437 g/mol. The molecule has 162 valence electrons. The molecule has 1 aromatic heterocycles. The topological polar surface area (TPSA) is 86.0 Å². The smallest absolute Gasteiger partial charge is 0.351 e. The zero-order chi connectivity index (χ0) is 22.8. The summed E-state index contributed by atoms with van der Waals surface area (Å²) in [5.74, 6) is -0.781. The van der Waals surface area contributed by atoms with E-state index in [0.29, 0.717) is 5.02 Å². The minimum absolute atomic E-state index is 0.221. The summed E-state index contributed by atoms with van der Waals surface area (Å²) >= 11 is 5.86. The van der Waals surface area contributed by atoms with E-state index in [1.165, 1.54) is 24.3 Å². The average Bonchev–Trinajstić information content (AvgIpc) is 2.72. The van der Waals surface area contributed by atoms with Crippen LogP contribution in [0, 0.1) is 0 Å². The Bertz CT molecular complexity index is 1220. The van der Waals surface area contributed by atoms with Crippen LogP contribution in [0.3, 0.4) is 0 Å². The molecule has 0 spiro atoms. The number of benzene rings is 2. The van der Waals surface area contributed by atoms with Gasteiger partial charge in [0.25, 0.3) is 11.5 Å². The summed E-state index contributed by atoms with van der Waals surface area (Å²) in [5, 5.41) is 6.76. The number of rotatable bonds is 5. The van der Waals surface area contributed by atoms with Crippen LogP contribution in [0.2, 0.25) is 5.02 Å². The van der Waals surface area contributed by atoms with Gasteiger partial charge in [-0.2, -0.15) is 23.0 Å². The molecule has 3 aromatic rings. The van der Waals surface area contributed by atoms with Crippen molar-refractivity contribution in [1.29, 1.82) is 0 Å². The molecule has 1 heterocycles. The Labute approximate surface area is 178 Å². The summed E-state index contributed by atoms with van der Waals surface area (Å²) in [5.41, 5.74) is -2.69. The Kier molecular flexibility index (Phi) is 6.30. The number of nitrogens with one attached hydrogen (secondary N) is 1. The summed E-state index contributed by atoms with van der Waals surface area (Å²) in [4.78, 5) is 38.1. The van der Waals surface area contributed by atoms with E-state index >= 15 is 0 Å². The lowest BCUT2D eigenvalue weighted by Crippen LogP contribution is -2.46. The van der Waals surface area contributed by atoms with E-state index in [4.69, 9.17) is 11.6 Å². The predicted molar refractivity (Wildman–Crippen MR) is 108 cm³/mol. The first-order valence-electron chi connectivity index (χ1n) is 9.06. The van der Waals surface area contributed by atoms with Gasteiger partial charge in [0.05, 0.1) is 17.8 Å². The summed E-state index contributed by atoms with van der Waals surface area (Å²) in [6.45, 7) is 1.52. The van der Waals surface area contributed by atoms with Crippen LogP contribution in [0.25, 0.3) is 5.69 Å². The van der Waals surface area contributed by atoms with E-state index in [0.717, 1.165) is 33.5 Å². The molecule has 1 N–H and O–H groups in total. The molecule has 0 atom stereocenters. The molecule has 0 aliphatic heterocycles. The third-order valence-electron chi connectivity index (χ3n) is 4.31. The Hall–Kier alpha value is -3.40. The quantitative estimate of drug-likeness (QED) is 0.645. The molecule has 1 amide bonds. The van der Waals surface area contributed by atoms with Crippen LogP contribution in [0.15, 0.2) is 58.1 Å². The Morgan fingerprint density at radius 1 is 1.06 bits per heavy atom. The monoisotopic (exact) mass is 452 g/mol. The maximum absolute atomic E-state index is 13.0. The Morgan fingerprint density at radius 3 is 2.23 bits per heavy atom. The van der Waals surface area contributed by atoms with Crippen molar-refractivity contribution in [3.63, 3.8) is 0 Å². The molecule has 0 unspecified atom stereocenters. The van der Waals surface area contributed by atoms with Gasteiger partial charge in [-0.15, -0.1) is 0 Å². The number of nitrogens with zero attached hydrogens (tertiary/aromatic N) is 3. The van der Waals surface area contributed by atoms with E-state index in [1.54, 1.807) is 6.92 Å². The number of hydrogen-bond acceptors (Lipinski definition) is 4. The molecule has 31 heavy (non-hydrogen) atoms. The van der Waals surface area contributed by atoms with E-state index in [2.05, 4.69) is 10.4 Å². The largest absolute Gasteiger partial charge is 0.416 e. The maximum Gasteiger partial charge on any atom is 0.416 e. The summed E-state index contributed by atoms with van der Waals surface area (Å²) in [6, 6.07) is 9.98. The number of carbonyl (C=O) groups is 1. The van der Waals surface area contributed by atoms with Crippen LogP contribution in [0.1, 0.15) is 28.5 Å². The van der Waals surface area contributed by atoms with E-state index in [9.17, 15) is 27.6 Å². The van der Waals surface area contributed by atoms with Crippen molar-refractivity contribution in [2.75, 3.05) is 6.54 Å². The minimum atomic E-state index is -4.52. The number of halogens is 4. The normalized spacial score (nSPS) is 11.4. The molecule has 0 aliphatic rings. The van der Waals surface area contributed by atoms with Gasteiger partial charge >= 0.3 is 11.9 Å². The predicted octanol–water partition coefficient (Wildman–Crippen LogP) is 2.86. The van der Waals surface area contributed by atoms with Crippen LogP contribution in [0.5, 0.6) is 0 Å². The molecule has 7 nitrogen and oxygen atoms in total. The lowest BCUT2D eigenvalue weighted by Gasteiger charge is -2.13. The number of carbonyl (C=O) groups excluding carboxylic acids is 1. The van der Waals surface area contributed by atoms with E-state index < -0.39 is 34.6 Å². The first-order valence-corrected chi connectivity index (χ1v) is 9.44. The first kappa shape index (κ1) is 22.3. The third-order valence-corrected chi connectivity index (χ3v) is 4.56. The van der Waals surface area contributed by atoms with Gasteiger partial charge in [-0.3, -0.25) is 14.2 Å². The fourth-order valence-corrected chi connectivity index (χ4v) is 2.90. The van der Waals surface area contributed by atoms with Crippen LogP contribution < -0.4 is 16.6 Å². The lowest BCUT2D eigenvalue weighted by atomic mass is 10.1. The highest BCUT2D eigenvalue weighted by atomic mass is 35.5. The van der Waals surface area contributed by atoms with Crippen molar-refractivity contribution in [2.24, 2.45) is 0 Å². The van der Waals surface area contributed by atoms with Crippen LogP contribution in [-0.2, 0) is 12.7 Å². The van der Waals surface area contributed by atoms with Gasteiger partial charge in [0.15, 0.2) is 0 Å². The average molecular weight is 453 g/mol. The number of alkyl halides is 3. The molecule has 0 bridgehead atoms. The van der Waals surface area contributed by atoms with Crippen molar-refractivity contribution in [3.05, 3.63) is 91.2 Å². The van der Waals surface area contributed by atoms with Crippen LogP contribution in [0.4, 0.5) is 13.2 Å². The summed E-state index contributed by atoms with van der Waals surface area (Å²) in [7, 11) is 0. The maximum atomic E-state index is 13.0. The molecule has 0 fully saturated rings. The minimum Gasteiger partial charge on any atom is -0.351 e. The molecule has 0 aliphatic carbocycles. The van der Waals surface area contributed by atoms with Gasteiger partial charge in [-0.1, -0.05) is 23.7 Å². The lowest BCUT2D eigenvalue weighted by molar-refractivity contribution is -0.137. The first-order chi connectivity index (χ1) is 14.6. The zero-order valence-electron chi connectivity index (χ0n) is 16.1. The van der Waals surface area contributed by atoms with Gasteiger partial charge < -0.3 is 5.32 Å². The van der Waals surface area contributed by atoms with E-state index in [-0.39, 0.29) is 24.3 Å². The highest BCUT2D eigenvalue weighted by molar-refractivity contribution is 6.30. The molecule has 2 aromatic carbocycles. The van der Waals surface area contributed by atoms with Crippen molar-refractivity contribution < 1.29 is 18.0 Å². The second kappa shape index (κ2) is 8.76. The van der Waals surface area contributed by atoms with Crippen molar-refractivity contribution in [1.82, 2.24) is 19.7 Å². The molecular formula is C20H16ClF3N4O3.